The van der Waals surface area contributed by atoms with E-state index in [4.69, 9.17) is 0 Å². The van der Waals surface area contributed by atoms with E-state index in [1.807, 2.05) is 0 Å². The maximum Gasteiger partial charge on any atom is -0.0437 e. The zero-order valence-electron chi connectivity index (χ0n) is 2.12. The van der Waals surface area contributed by atoms with Crippen molar-refractivity contribution in [2.24, 2.45) is 0 Å². The Kier molecular flexibility index (Phi) is 388. The van der Waals surface area contributed by atoms with Gasteiger partial charge in [-0.2, -0.15) is 23.4 Å². The van der Waals surface area contributed by atoms with Crippen molar-refractivity contribution in [3.8, 4) is 0 Å². The second-order valence-electron chi connectivity index (χ2n) is 0. The van der Waals surface area contributed by atoms with Gasteiger partial charge in [0.1, 0.15) is 0 Å². The van der Waals surface area contributed by atoms with Crippen molar-refractivity contribution < 1.29 is 0 Å². The Hall–Kier alpha value is 1.30. The van der Waals surface area contributed by atoms with Gasteiger partial charge in [-0.1, -0.05) is 19.2 Å². The molecule has 36 valence electrons. The van der Waals surface area contributed by atoms with Crippen LogP contribution in [-0.4, -0.2) is 0 Å². The molecule has 0 aromatic carbocycles. The van der Waals surface area contributed by atoms with Gasteiger partial charge in [0.25, 0.3) is 0 Å². The Bertz CT molecular complexity index is 7.61. The van der Waals surface area contributed by atoms with Crippen molar-refractivity contribution in [3.05, 3.63) is 0 Å². The Labute approximate surface area is 51.1 Å². The van der Waals surface area contributed by atoms with Gasteiger partial charge in [-0.05, 0) is 8.02 Å². The normalized spacial score (nSPS) is 0.800. The van der Waals surface area contributed by atoms with Crippen LogP contribution < -0.4 is 0 Å². The third-order valence-corrected chi connectivity index (χ3v) is 0. The lowest BCUT2D eigenvalue weighted by Gasteiger charge is -0.760. The molecule has 0 radical (unpaired) electrons. The van der Waals surface area contributed by atoms with Crippen LogP contribution in [0.1, 0.15) is 7.43 Å². The Morgan fingerprint density at radius 2 is 1.20 bits per heavy atom. The summed E-state index contributed by atoms with van der Waals surface area (Å²) in [6, 6.07) is 0. The molecule has 0 amide bonds. The fraction of sp³-hybridized carbons (Fsp3) is 1.00. The molecule has 0 saturated heterocycles. The lowest BCUT2D eigenvalue weighted by atomic mass is 12.0. The lowest BCUT2D eigenvalue weighted by Crippen LogP contribution is -0.399. The van der Waals surface area contributed by atoms with Gasteiger partial charge in [0.15, 0.2) is 0 Å². The minimum Gasteiger partial charge on any atom is -0.197 e. The quantitative estimate of drug-likeness (QED) is 0.468. The van der Waals surface area contributed by atoms with Crippen molar-refractivity contribution in [3.63, 3.8) is 0 Å². The molecular formula is CH10P2S2. The second-order valence-corrected chi connectivity index (χ2v) is 0. The molecule has 0 fully saturated rings. The number of hydrogen-bond donors (Lipinski definition) is 0. The first-order valence-electron chi connectivity index (χ1n) is 0.204. The average molecular weight is 148 g/mol. The first kappa shape index (κ1) is 33.5. The molecule has 0 rings (SSSR count). The Balaban J connectivity index is -0.00000000167. The molecule has 0 nitrogen and oxygen atoms in total. The van der Waals surface area contributed by atoms with Crippen LogP contribution in [0.5, 0.6) is 0 Å². The summed E-state index contributed by atoms with van der Waals surface area (Å²) in [5, 5.41) is 0. The monoisotopic (exact) mass is 148 g/mol. The summed E-state index contributed by atoms with van der Waals surface area (Å²) in [6.07, 6.45) is 0. The van der Waals surface area contributed by atoms with Crippen LogP contribution in [0.4, 0.5) is 0 Å². The summed E-state index contributed by atoms with van der Waals surface area (Å²) in [7, 11) is 2.56. The van der Waals surface area contributed by atoms with E-state index in [0.717, 1.165) is 0 Å². The van der Waals surface area contributed by atoms with E-state index in [-0.39, 0.29) is 30.8 Å². The molecule has 4 heteroatoms. The van der Waals surface area contributed by atoms with Gasteiger partial charge < -0.3 is 0 Å². The fourth-order valence-electron chi connectivity index (χ4n) is 0. The molecule has 0 spiro atoms. The zero-order valence-corrected chi connectivity index (χ0v) is 6.35. The molecule has 5 heavy (non-hydrogen) atoms. The first-order valence-corrected chi connectivity index (χ1v) is 1.84. The van der Waals surface area contributed by atoms with Gasteiger partial charge in [0, 0.05) is 0 Å². The van der Waals surface area contributed by atoms with Crippen molar-refractivity contribution in [1.29, 1.82) is 0 Å². The van der Waals surface area contributed by atoms with Gasteiger partial charge in [-0.15, -0.1) is 0 Å². The van der Waals surface area contributed by atoms with E-state index in [9.17, 15) is 0 Å². The van der Waals surface area contributed by atoms with Crippen LogP contribution in [0.2, 0.25) is 0 Å². The van der Waals surface area contributed by atoms with E-state index in [2.05, 4.69) is 19.8 Å². The third kappa shape index (κ3) is 34.2. The van der Waals surface area contributed by atoms with Crippen molar-refractivity contribution >= 4 is 43.2 Å². The molecule has 0 N–H and O–H groups in total. The van der Waals surface area contributed by atoms with E-state index in [0.29, 0.717) is 0 Å². The van der Waals surface area contributed by atoms with E-state index in [1.54, 1.807) is 0 Å². The van der Waals surface area contributed by atoms with E-state index >= 15 is 0 Å². The molecule has 0 aromatic heterocycles. The summed E-state index contributed by atoms with van der Waals surface area (Å²) in [5.74, 6) is 0. The molecule has 0 bridgehead atoms. The summed E-state index contributed by atoms with van der Waals surface area (Å²) in [4.78, 5) is 0. The van der Waals surface area contributed by atoms with Crippen LogP contribution in [0.25, 0.3) is 0 Å². The summed E-state index contributed by atoms with van der Waals surface area (Å²) < 4.78 is 0. The highest BCUT2D eigenvalue weighted by Crippen LogP contribution is 1.26. The number of rotatable bonds is 0. The van der Waals surface area contributed by atoms with Gasteiger partial charge in [0.05, 0.1) is 0 Å². The molecular weight excluding hydrogens is 138 g/mol. The summed E-state index contributed by atoms with van der Waals surface area (Å²) in [6.45, 7) is 0. The standard InChI is InChI=1S/CH4.HPS.H3P.H2S/c;1-2;;/h1H4;1H;1H3;1H2. The minimum absolute atomic E-state index is 0. The topological polar surface area (TPSA) is 0 Å². The first-order chi connectivity index (χ1) is 1.00. The Morgan fingerprint density at radius 1 is 1.20 bits per heavy atom. The van der Waals surface area contributed by atoms with Crippen molar-refractivity contribution in [2.45, 2.75) is 7.43 Å². The van der Waals surface area contributed by atoms with E-state index < -0.39 is 0 Å². The SMILES string of the molecule is C.P.P=S.S. The molecule has 1 atom stereocenters. The lowest BCUT2D eigenvalue weighted by molar-refractivity contribution is 2.50. The minimum atomic E-state index is 0. The molecule has 0 aliphatic rings. The number of hydrogen-bond acceptors (Lipinski definition) is 1. The highest BCUT2D eigenvalue weighted by Gasteiger charge is 0.655. The average Bonchev–Trinajstić information content (AvgIpc) is 1.00. The maximum atomic E-state index is 3.89. The van der Waals surface area contributed by atoms with Gasteiger partial charge in [-0.3, -0.25) is 0 Å². The predicted molar refractivity (Wildman–Crippen MR) is 43.9 cm³/mol. The molecule has 0 aliphatic carbocycles. The van der Waals surface area contributed by atoms with Crippen LogP contribution >= 0.6 is 31.4 Å². The molecule has 0 saturated carbocycles. The smallest absolute Gasteiger partial charge is 0.0437 e. The van der Waals surface area contributed by atoms with Gasteiger partial charge in [0.2, 0.25) is 0 Å². The van der Waals surface area contributed by atoms with Crippen molar-refractivity contribution in [2.75, 3.05) is 0 Å². The Morgan fingerprint density at radius 3 is 1.20 bits per heavy atom. The fourth-order valence-corrected chi connectivity index (χ4v) is 0. The summed E-state index contributed by atoms with van der Waals surface area (Å²) >= 11 is 3.89. The van der Waals surface area contributed by atoms with Crippen LogP contribution in [0, 0.1) is 0 Å². The summed E-state index contributed by atoms with van der Waals surface area (Å²) in [5.41, 5.74) is 0. The largest absolute Gasteiger partial charge is 0.197 e. The zero-order chi connectivity index (χ0) is 2.00. The van der Waals surface area contributed by atoms with Gasteiger partial charge >= 0.3 is 0 Å². The third-order valence-electron chi connectivity index (χ3n) is 0. The highest BCUT2D eigenvalue weighted by atomic mass is 32.4. The van der Waals surface area contributed by atoms with Crippen molar-refractivity contribution in [1.82, 2.24) is 0 Å². The molecule has 0 aliphatic heterocycles. The molecule has 0 aromatic rings. The maximum absolute atomic E-state index is 3.89. The van der Waals surface area contributed by atoms with Crippen LogP contribution in [-0.2, 0) is 11.8 Å². The van der Waals surface area contributed by atoms with E-state index in [1.165, 1.54) is 0 Å². The molecule has 1 unspecified atom stereocenters. The predicted octanol–water partition coefficient (Wildman–Crippen LogP) is 1.40. The highest BCUT2D eigenvalue weighted by molar-refractivity contribution is 7.88. The van der Waals surface area contributed by atoms with Crippen LogP contribution in [0.3, 0.4) is 0 Å². The molecule has 0 heterocycles. The van der Waals surface area contributed by atoms with Gasteiger partial charge in [-0.25, -0.2) is 0 Å². The van der Waals surface area contributed by atoms with Crippen LogP contribution in [0.15, 0.2) is 0 Å². The second kappa shape index (κ2) is 58.0.